The third-order valence-electron chi connectivity index (χ3n) is 2.74. The number of aliphatic carboxylic acids is 3. The average Bonchev–Trinajstić information content (AvgIpc) is 2.32. The van der Waals surface area contributed by atoms with Crippen molar-refractivity contribution in [2.24, 2.45) is 5.41 Å². The standard InChI is InChI=1S/C13H16O6/c1-4-13(6-5-10(14)15,9(3)12(18)19)7-8(2)11(16)17/h5-7H,3-4H2,1-2H3,(H,14,15)(H,16,17)(H,18,19). The van der Waals surface area contributed by atoms with Crippen LogP contribution in [-0.2, 0) is 14.4 Å². The van der Waals surface area contributed by atoms with Gasteiger partial charge in [-0.3, -0.25) is 0 Å². The van der Waals surface area contributed by atoms with Gasteiger partial charge in [0.1, 0.15) is 0 Å². The van der Waals surface area contributed by atoms with Gasteiger partial charge in [0.2, 0.25) is 0 Å². The third kappa shape index (κ3) is 4.42. The topological polar surface area (TPSA) is 112 Å². The normalized spacial score (nSPS) is 14.9. The highest BCUT2D eigenvalue weighted by molar-refractivity contribution is 5.91. The Morgan fingerprint density at radius 3 is 2.00 bits per heavy atom. The largest absolute Gasteiger partial charge is 0.478 e. The van der Waals surface area contributed by atoms with E-state index in [4.69, 9.17) is 15.3 Å². The maximum Gasteiger partial charge on any atom is 0.332 e. The molecule has 0 aromatic heterocycles. The predicted octanol–water partition coefficient (Wildman–Crippen LogP) is 1.70. The molecule has 1 unspecified atom stereocenters. The van der Waals surface area contributed by atoms with Gasteiger partial charge in [0.05, 0.1) is 0 Å². The molecule has 19 heavy (non-hydrogen) atoms. The minimum atomic E-state index is -1.34. The second-order valence-electron chi connectivity index (χ2n) is 3.98. The van der Waals surface area contributed by atoms with Gasteiger partial charge in [0, 0.05) is 22.6 Å². The van der Waals surface area contributed by atoms with Gasteiger partial charge in [-0.15, -0.1) is 0 Å². The Kier molecular flexibility index (Phi) is 5.72. The van der Waals surface area contributed by atoms with Crippen molar-refractivity contribution in [3.8, 4) is 0 Å². The van der Waals surface area contributed by atoms with E-state index in [1.54, 1.807) is 6.92 Å². The van der Waals surface area contributed by atoms with Gasteiger partial charge in [0.15, 0.2) is 0 Å². The second kappa shape index (κ2) is 6.53. The number of carbonyl (C=O) groups is 3. The van der Waals surface area contributed by atoms with Gasteiger partial charge in [-0.1, -0.05) is 25.7 Å². The first-order valence-electron chi connectivity index (χ1n) is 5.44. The van der Waals surface area contributed by atoms with Gasteiger partial charge in [-0.2, -0.15) is 0 Å². The predicted molar refractivity (Wildman–Crippen MR) is 67.7 cm³/mol. The Bertz CT molecular complexity index is 472. The molecule has 0 saturated carbocycles. The van der Waals surface area contributed by atoms with E-state index in [0.717, 1.165) is 12.2 Å². The molecule has 0 rings (SSSR count). The van der Waals surface area contributed by atoms with Gasteiger partial charge in [-0.05, 0) is 13.3 Å². The van der Waals surface area contributed by atoms with Crippen molar-refractivity contribution in [2.45, 2.75) is 20.3 Å². The summed E-state index contributed by atoms with van der Waals surface area (Å²) in [4.78, 5) is 32.5. The minimum Gasteiger partial charge on any atom is -0.478 e. The first kappa shape index (κ1) is 16.6. The van der Waals surface area contributed by atoms with Crippen LogP contribution >= 0.6 is 0 Å². The Hall–Kier alpha value is -2.37. The van der Waals surface area contributed by atoms with E-state index < -0.39 is 23.3 Å². The molecule has 0 saturated heterocycles. The molecule has 0 aliphatic rings. The van der Waals surface area contributed by atoms with E-state index in [2.05, 4.69) is 6.58 Å². The summed E-state index contributed by atoms with van der Waals surface area (Å²) in [5.41, 5.74) is -1.71. The Morgan fingerprint density at radius 2 is 1.68 bits per heavy atom. The summed E-state index contributed by atoms with van der Waals surface area (Å²) in [5.74, 6) is -3.77. The zero-order valence-corrected chi connectivity index (χ0v) is 10.7. The highest BCUT2D eigenvalue weighted by atomic mass is 16.4. The molecule has 0 fully saturated rings. The lowest BCUT2D eigenvalue weighted by Gasteiger charge is -2.26. The van der Waals surface area contributed by atoms with E-state index in [9.17, 15) is 14.4 Å². The molecule has 0 aromatic rings. The van der Waals surface area contributed by atoms with Crippen LogP contribution in [0.4, 0.5) is 0 Å². The number of allylic oxidation sites excluding steroid dienone is 2. The molecule has 0 spiro atoms. The number of hydrogen-bond donors (Lipinski definition) is 3. The first-order chi connectivity index (χ1) is 8.66. The maximum atomic E-state index is 11.0. The number of rotatable bonds is 7. The van der Waals surface area contributed by atoms with E-state index in [-0.39, 0.29) is 17.6 Å². The van der Waals surface area contributed by atoms with Crippen LogP contribution in [0.1, 0.15) is 20.3 Å². The summed E-state index contributed by atoms with van der Waals surface area (Å²) >= 11 is 0. The lowest BCUT2D eigenvalue weighted by atomic mass is 9.76. The molecule has 0 aromatic carbocycles. The Morgan fingerprint density at radius 1 is 1.16 bits per heavy atom. The van der Waals surface area contributed by atoms with E-state index >= 15 is 0 Å². The molecule has 0 amide bonds. The summed E-state index contributed by atoms with van der Waals surface area (Å²) in [6.07, 6.45) is 3.29. The molecule has 3 N–H and O–H groups in total. The molecular formula is C13H16O6. The maximum absolute atomic E-state index is 11.0. The van der Waals surface area contributed by atoms with Crippen LogP contribution < -0.4 is 0 Å². The minimum absolute atomic E-state index is 0.0840. The van der Waals surface area contributed by atoms with Crippen molar-refractivity contribution in [2.75, 3.05) is 0 Å². The van der Waals surface area contributed by atoms with Gasteiger partial charge in [0.25, 0.3) is 0 Å². The molecule has 0 bridgehead atoms. The Labute approximate surface area is 110 Å². The first-order valence-corrected chi connectivity index (χ1v) is 5.44. The quantitative estimate of drug-likeness (QED) is 0.606. The van der Waals surface area contributed by atoms with Crippen molar-refractivity contribution in [3.05, 3.63) is 36.0 Å². The van der Waals surface area contributed by atoms with Gasteiger partial charge in [-0.25, -0.2) is 14.4 Å². The summed E-state index contributed by atoms with van der Waals surface area (Å²) in [5, 5.41) is 26.5. The number of hydrogen-bond acceptors (Lipinski definition) is 3. The SMILES string of the molecule is C=C(C(=O)O)C(C=CC(=O)O)(C=C(C)C(=O)O)CC. The summed E-state index contributed by atoms with van der Waals surface area (Å²) in [6, 6.07) is 0. The fourth-order valence-electron chi connectivity index (χ4n) is 1.54. The fourth-order valence-corrected chi connectivity index (χ4v) is 1.54. The second-order valence-corrected chi connectivity index (χ2v) is 3.98. The summed E-state index contributed by atoms with van der Waals surface area (Å²) in [6.45, 7) is 6.33. The van der Waals surface area contributed by atoms with Crippen LogP contribution in [0.5, 0.6) is 0 Å². The van der Waals surface area contributed by atoms with E-state index in [1.807, 2.05) is 0 Å². The summed E-state index contributed by atoms with van der Waals surface area (Å²) in [7, 11) is 0. The number of carboxylic acids is 3. The van der Waals surface area contributed by atoms with Crippen molar-refractivity contribution >= 4 is 17.9 Å². The van der Waals surface area contributed by atoms with Crippen LogP contribution in [0.25, 0.3) is 0 Å². The molecular weight excluding hydrogens is 252 g/mol. The molecule has 0 heterocycles. The van der Waals surface area contributed by atoms with Crippen molar-refractivity contribution in [1.29, 1.82) is 0 Å². The Balaban J connectivity index is 5.88. The average molecular weight is 268 g/mol. The monoisotopic (exact) mass is 268 g/mol. The lowest BCUT2D eigenvalue weighted by Crippen LogP contribution is -2.24. The van der Waals surface area contributed by atoms with Crippen molar-refractivity contribution in [1.82, 2.24) is 0 Å². The van der Waals surface area contributed by atoms with Crippen LogP contribution in [0, 0.1) is 5.41 Å². The molecule has 1 atom stereocenters. The molecule has 6 nitrogen and oxygen atoms in total. The van der Waals surface area contributed by atoms with E-state index in [1.165, 1.54) is 13.0 Å². The molecule has 104 valence electrons. The van der Waals surface area contributed by atoms with Crippen LogP contribution in [0.15, 0.2) is 36.0 Å². The fraction of sp³-hybridized carbons (Fsp3) is 0.308. The van der Waals surface area contributed by atoms with Crippen LogP contribution in [0.2, 0.25) is 0 Å². The van der Waals surface area contributed by atoms with Gasteiger partial charge < -0.3 is 15.3 Å². The summed E-state index contributed by atoms with van der Waals surface area (Å²) < 4.78 is 0. The van der Waals surface area contributed by atoms with Gasteiger partial charge >= 0.3 is 17.9 Å². The highest BCUT2D eigenvalue weighted by Gasteiger charge is 2.31. The zero-order chi connectivity index (χ0) is 15.2. The highest BCUT2D eigenvalue weighted by Crippen LogP contribution is 2.35. The lowest BCUT2D eigenvalue weighted by molar-refractivity contribution is -0.134. The van der Waals surface area contributed by atoms with E-state index in [0.29, 0.717) is 0 Å². The third-order valence-corrected chi connectivity index (χ3v) is 2.74. The smallest absolute Gasteiger partial charge is 0.332 e. The molecule has 0 radical (unpaired) electrons. The molecule has 0 aliphatic carbocycles. The number of carboxylic acid groups (broad SMARTS) is 3. The van der Waals surface area contributed by atoms with Crippen LogP contribution in [0.3, 0.4) is 0 Å². The molecule has 0 aliphatic heterocycles. The molecule has 6 heteroatoms. The van der Waals surface area contributed by atoms with Crippen molar-refractivity contribution < 1.29 is 29.7 Å². The zero-order valence-electron chi connectivity index (χ0n) is 10.7. The van der Waals surface area contributed by atoms with Crippen LogP contribution in [-0.4, -0.2) is 33.2 Å². The van der Waals surface area contributed by atoms with Crippen molar-refractivity contribution in [3.63, 3.8) is 0 Å².